The lowest BCUT2D eigenvalue weighted by atomic mass is 10.2. The lowest BCUT2D eigenvalue weighted by molar-refractivity contribution is 0.598. The fourth-order valence-electron chi connectivity index (χ4n) is 1.60. The Morgan fingerprint density at radius 2 is 1.89 bits per heavy atom. The van der Waals surface area contributed by atoms with Crippen LogP contribution >= 0.6 is 0 Å². The van der Waals surface area contributed by atoms with E-state index in [1.165, 1.54) is 12.1 Å². The minimum atomic E-state index is -3.65. The zero-order valence-corrected chi connectivity index (χ0v) is 11.1. The van der Waals surface area contributed by atoms with Crippen LogP contribution < -0.4 is 10.5 Å². The maximum absolute atomic E-state index is 11.1. The second-order valence-electron chi connectivity index (χ2n) is 4.07. The molecule has 100 valence electrons. The SMILES string of the molecule is CC(Nc1ccc(S(N)(=O)=O)cc1)c1cnccn1. The summed E-state index contributed by atoms with van der Waals surface area (Å²) < 4.78 is 22.3. The largest absolute Gasteiger partial charge is 0.377 e. The van der Waals surface area contributed by atoms with Crippen molar-refractivity contribution in [2.75, 3.05) is 5.32 Å². The van der Waals surface area contributed by atoms with Crippen molar-refractivity contribution in [3.8, 4) is 0 Å². The second kappa shape index (κ2) is 5.33. The smallest absolute Gasteiger partial charge is 0.238 e. The van der Waals surface area contributed by atoms with Crippen LogP contribution in [0.25, 0.3) is 0 Å². The zero-order valence-electron chi connectivity index (χ0n) is 10.3. The van der Waals surface area contributed by atoms with Gasteiger partial charge in [-0.3, -0.25) is 9.97 Å². The molecule has 0 aliphatic rings. The van der Waals surface area contributed by atoms with Gasteiger partial charge in [0.2, 0.25) is 10.0 Å². The molecule has 0 fully saturated rings. The van der Waals surface area contributed by atoms with E-state index in [1.54, 1.807) is 30.7 Å². The molecule has 1 heterocycles. The minimum Gasteiger partial charge on any atom is -0.377 e. The molecule has 3 N–H and O–H groups in total. The van der Waals surface area contributed by atoms with E-state index < -0.39 is 10.0 Å². The van der Waals surface area contributed by atoms with Crippen LogP contribution in [0.5, 0.6) is 0 Å². The van der Waals surface area contributed by atoms with Gasteiger partial charge in [-0.1, -0.05) is 0 Å². The van der Waals surface area contributed by atoms with Crippen LogP contribution in [-0.2, 0) is 10.0 Å². The number of benzene rings is 1. The Hall–Kier alpha value is -1.99. The average molecular weight is 278 g/mol. The second-order valence-corrected chi connectivity index (χ2v) is 5.63. The van der Waals surface area contributed by atoms with E-state index in [0.29, 0.717) is 0 Å². The number of nitrogens with one attached hydrogen (secondary N) is 1. The molecule has 2 aromatic rings. The maximum atomic E-state index is 11.1. The van der Waals surface area contributed by atoms with E-state index in [1.807, 2.05) is 6.92 Å². The van der Waals surface area contributed by atoms with E-state index in [4.69, 9.17) is 5.14 Å². The Kier molecular flexibility index (Phi) is 3.77. The molecule has 1 aromatic heterocycles. The molecule has 0 aliphatic heterocycles. The molecular formula is C12H14N4O2S. The minimum absolute atomic E-state index is 0.0333. The van der Waals surface area contributed by atoms with Crippen LogP contribution in [0, 0.1) is 0 Å². The van der Waals surface area contributed by atoms with Crippen LogP contribution in [-0.4, -0.2) is 18.4 Å². The molecule has 0 aliphatic carbocycles. The Bertz CT molecular complexity index is 641. The molecule has 0 saturated heterocycles. The van der Waals surface area contributed by atoms with Gasteiger partial charge in [0.05, 0.1) is 22.8 Å². The van der Waals surface area contributed by atoms with Crippen molar-refractivity contribution < 1.29 is 8.42 Å². The molecule has 1 atom stereocenters. The number of hydrogen-bond donors (Lipinski definition) is 2. The molecule has 0 radical (unpaired) electrons. The highest BCUT2D eigenvalue weighted by molar-refractivity contribution is 7.89. The molecule has 0 bridgehead atoms. The number of rotatable bonds is 4. The Labute approximate surface area is 111 Å². The fourth-order valence-corrected chi connectivity index (χ4v) is 2.11. The topological polar surface area (TPSA) is 98.0 Å². The van der Waals surface area contributed by atoms with Crippen LogP contribution in [0.3, 0.4) is 0 Å². The third-order valence-electron chi connectivity index (χ3n) is 2.59. The summed E-state index contributed by atoms with van der Waals surface area (Å²) in [5.74, 6) is 0. The normalized spacial score (nSPS) is 12.9. The summed E-state index contributed by atoms with van der Waals surface area (Å²) in [6, 6.07) is 6.20. The van der Waals surface area contributed by atoms with Crippen LogP contribution in [0.15, 0.2) is 47.8 Å². The van der Waals surface area contributed by atoms with Gasteiger partial charge < -0.3 is 5.32 Å². The third kappa shape index (κ3) is 3.49. The van der Waals surface area contributed by atoms with E-state index in [2.05, 4.69) is 15.3 Å². The standard InChI is InChI=1S/C12H14N4O2S/c1-9(12-8-14-6-7-15-12)16-10-2-4-11(5-3-10)19(13,17)18/h2-9,16H,1H3,(H2,13,17,18). The Balaban J connectivity index is 2.12. The number of nitrogens with zero attached hydrogens (tertiary/aromatic N) is 2. The molecule has 6 nitrogen and oxygen atoms in total. The van der Waals surface area contributed by atoms with Gasteiger partial charge in [-0.2, -0.15) is 0 Å². The molecule has 0 saturated carbocycles. The summed E-state index contributed by atoms with van der Waals surface area (Å²) in [7, 11) is -3.65. The Morgan fingerprint density at radius 3 is 2.42 bits per heavy atom. The number of anilines is 1. The van der Waals surface area contributed by atoms with Gasteiger partial charge in [0.25, 0.3) is 0 Å². The van der Waals surface area contributed by atoms with Gasteiger partial charge in [-0.25, -0.2) is 13.6 Å². The highest BCUT2D eigenvalue weighted by Crippen LogP contribution is 2.18. The van der Waals surface area contributed by atoms with E-state index in [0.717, 1.165) is 11.4 Å². The number of hydrogen-bond acceptors (Lipinski definition) is 5. The van der Waals surface area contributed by atoms with Gasteiger partial charge >= 0.3 is 0 Å². The summed E-state index contributed by atoms with van der Waals surface area (Å²) in [4.78, 5) is 8.27. The summed E-state index contributed by atoms with van der Waals surface area (Å²) in [5.41, 5.74) is 1.59. The number of aromatic nitrogens is 2. The van der Waals surface area contributed by atoms with Crippen LogP contribution in [0.1, 0.15) is 18.7 Å². The first kappa shape index (κ1) is 13.4. The van der Waals surface area contributed by atoms with E-state index in [9.17, 15) is 8.42 Å². The van der Waals surface area contributed by atoms with Crippen molar-refractivity contribution in [1.82, 2.24) is 9.97 Å². The molecule has 2 rings (SSSR count). The lowest BCUT2D eigenvalue weighted by Gasteiger charge is -2.14. The van der Waals surface area contributed by atoms with Crippen molar-refractivity contribution in [3.63, 3.8) is 0 Å². The molecule has 1 aromatic carbocycles. The van der Waals surface area contributed by atoms with Gasteiger partial charge in [-0.05, 0) is 31.2 Å². The monoisotopic (exact) mass is 278 g/mol. The predicted molar refractivity (Wildman–Crippen MR) is 71.9 cm³/mol. The van der Waals surface area contributed by atoms with Gasteiger partial charge in [-0.15, -0.1) is 0 Å². The van der Waals surface area contributed by atoms with Crippen molar-refractivity contribution in [1.29, 1.82) is 0 Å². The van der Waals surface area contributed by atoms with Gasteiger partial charge in [0.1, 0.15) is 0 Å². The molecule has 0 spiro atoms. The first-order valence-electron chi connectivity index (χ1n) is 5.62. The van der Waals surface area contributed by atoms with Crippen LogP contribution in [0.2, 0.25) is 0 Å². The molecule has 19 heavy (non-hydrogen) atoms. The van der Waals surface area contributed by atoms with E-state index >= 15 is 0 Å². The summed E-state index contributed by atoms with van der Waals surface area (Å²) in [5, 5.41) is 8.23. The van der Waals surface area contributed by atoms with Crippen molar-refractivity contribution in [3.05, 3.63) is 48.5 Å². The third-order valence-corrected chi connectivity index (χ3v) is 3.52. The number of sulfonamides is 1. The predicted octanol–water partition coefficient (Wildman–Crippen LogP) is 1.30. The number of primary sulfonamides is 1. The quantitative estimate of drug-likeness (QED) is 0.878. The van der Waals surface area contributed by atoms with Crippen molar-refractivity contribution in [2.45, 2.75) is 17.9 Å². The van der Waals surface area contributed by atoms with Gasteiger partial charge in [0, 0.05) is 18.1 Å². The molecule has 1 unspecified atom stereocenters. The summed E-state index contributed by atoms with van der Waals surface area (Å²) in [6.07, 6.45) is 4.91. The van der Waals surface area contributed by atoms with Crippen molar-refractivity contribution >= 4 is 15.7 Å². The first-order valence-corrected chi connectivity index (χ1v) is 7.17. The highest BCUT2D eigenvalue weighted by atomic mass is 32.2. The molecular weight excluding hydrogens is 264 g/mol. The first-order chi connectivity index (χ1) is 8.97. The highest BCUT2D eigenvalue weighted by Gasteiger charge is 2.09. The molecule has 7 heteroatoms. The number of nitrogens with two attached hydrogens (primary N) is 1. The zero-order chi connectivity index (χ0) is 13.9. The average Bonchev–Trinajstić information content (AvgIpc) is 2.39. The van der Waals surface area contributed by atoms with E-state index in [-0.39, 0.29) is 10.9 Å². The fraction of sp³-hybridized carbons (Fsp3) is 0.167. The summed E-state index contributed by atoms with van der Waals surface area (Å²) in [6.45, 7) is 1.94. The maximum Gasteiger partial charge on any atom is 0.238 e. The van der Waals surface area contributed by atoms with Gasteiger partial charge in [0.15, 0.2) is 0 Å². The molecule has 0 amide bonds. The lowest BCUT2D eigenvalue weighted by Crippen LogP contribution is -2.12. The van der Waals surface area contributed by atoms with Crippen LogP contribution in [0.4, 0.5) is 5.69 Å². The Morgan fingerprint density at radius 1 is 1.21 bits per heavy atom. The summed E-state index contributed by atoms with van der Waals surface area (Å²) >= 11 is 0. The van der Waals surface area contributed by atoms with Crippen molar-refractivity contribution in [2.24, 2.45) is 5.14 Å².